The number of methoxy groups -OCH3 is 1. The van der Waals surface area contributed by atoms with Gasteiger partial charge in [-0.05, 0) is 54.4 Å². The van der Waals surface area contributed by atoms with Crippen LogP contribution in [0.3, 0.4) is 0 Å². The molecule has 2 aromatic rings. The first-order valence-electron chi connectivity index (χ1n) is 7.90. The van der Waals surface area contributed by atoms with Crippen molar-refractivity contribution in [3.63, 3.8) is 0 Å². The molecule has 0 unspecified atom stereocenters. The van der Waals surface area contributed by atoms with Crippen molar-refractivity contribution < 1.29 is 23.2 Å². The van der Waals surface area contributed by atoms with E-state index in [0.717, 1.165) is 27.5 Å². The maximum Gasteiger partial charge on any atom is 0.292 e. The van der Waals surface area contributed by atoms with E-state index in [0.29, 0.717) is 19.7 Å². The Morgan fingerprint density at radius 3 is 2.23 bits per heavy atom. The molecule has 0 aromatic heterocycles. The summed E-state index contributed by atoms with van der Waals surface area (Å²) < 4.78 is 20.2. The summed E-state index contributed by atoms with van der Waals surface area (Å²) in [4.78, 5) is 10.00. The predicted octanol–water partition coefficient (Wildman–Crippen LogP) is 4.54. The van der Waals surface area contributed by atoms with Gasteiger partial charge in [0.2, 0.25) is 0 Å². The molecule has 0 saturated heterocycles. The zero-order valence-electron chi connectivity index (χ0n) is 15.3. The van der Waals surface area contributed by atoms with Crippen molar-refractivity contribution in [3.8, 4) is 11.5 Å². The Bertz CT molecular complexity index is 670. The van der Waals surface area contributed by atoms with E-state index in [1.165, 1.54) is 19.2 Å². The maximum atomic E-state index is 8.95. The van der Waals surface area contributed by atoms with Crippen molar-refractivity contribution in [1.82, 2.24) is 0 Å². The third kappa shape index (κ3) is 8.09. The van der Waals surface area contributed by atoms with E-state index >= 15 is 0 Å². The van der Waals surface area contributed by atoms with Gasteiger partial charge in [-0.1, -0.05) is 18.7 Å². The molecule has 0 bridgehead atoms. The van der Waals surface area contributed by atoms with E-state index < -0.39 is 0 Å². The smallest absolute Gasteiger partial charge is 0.292 e. The van der Waals surface area contributed by atoms with Crippen LogP contribution in [0.25, 0.3) is 6.08 Å². The molecule has 0 spiro atoms. The van der Waals surface area contributed by atoms with Crippen LogP contribution in [0.5, 0.6) is 11.5 Å². The highest BCUT2D eigenvalue weighted by Crippen LogP contribution is 2.22. The van der Waals surface area contributed by atoms with Gasteiger partial charge in [-0.25, -0.2) is 0 Å². The number of rotatable bonds is 9. The van der Waals surface area contributed by atoms with E-state index in [9.17, 15) is 0 Å². The lowest BCUT2D eigenvalue weighted by atomic mass is 10.1. The van der Waals surface area contributed by atoms with Crippen LogP contribution in [0, 0.1) is 6.92 Å². The van der Waals surface area contributed by atoms with Crippen molar-refractivity contribution in [2.75, 3.05) is 27.4 Å². The Kier molecular flexibility index (Phi) is 10.7. The monoisotopic (exact) mass is 376 g/mol. The van der Waals surface area contributed by atoms with E-state index in [2.05, 4.69) is 17.4 Å². The Morgan fingerprint density at radius 2 is 1.69 bits per heavy atom. The van der Waals surface area contributed by atoms with Crippen LogP contribution >= 0.6 is 12.0 Å². The van der Waals surface area contributed by atoms with Crippen LogP contribution in [-0.2, 0) is 13.7 Å². The molecule has 0 amide bonds. The molecule has 2 aromatic carbocycles. The molecule has 5 nitrogen and oxygen atoms in total. The highest BCUT2D eigenvalue weighted by molar-refractivity contribution is 7.94. The lowest BCUT2D eigenvalue weighted by Crippen LogP contribution is -2.09. The second-order valence-electron chi connectivity index (χ2n) is 4.98. The van der Waals surface area contributed by atoms with Gasteiger partial charge < -0.3 is 18.4 Å². The lowest BCUT2D eigenvalue weighted by Gasteiger charge is -2.11. The molecular formula is C20H24O5S. The van der Waals surface area contributed by atoms with Gasteiger partial charge in [-0.2, -0.15) is 0 Å². The van der Waals surface area contributed by atoms with E-state index in [4.69, 9.17) is 18.5 Å². The molecule has 0 saturated carbocycles. The van der Waals surface area contributed by atoms with Crippen LogP contribution in [0.4, 0.5) is 0 Å². The van der Waals surface area contributed by atoms with Crippen molar-refractivity contribution in [2.24, 2.45) is 0 Å². The van der Waals surface area contributed by atoms with Gasteiger partial charge in [0.15, 0.2) is 0 Å². The van der Waals surface area contributed by atoms with E-state index in [-0.39, 0.29) is 0 Å². The molecule has 0 atom stereocenters. The standard InChI is InChI=1S/C18H20O3S.C2H4O2/c1-4-15-5-10-18(14(2)13-15)21-12-11-20-16-6-8-17(9-7-16)22-19-3;1-4-2-3/h4-10,13H,1,11-12H2,2-3H3;2H,1H3. The summed E-state index contributed by atoms with van der Waals surface area (Å²) in [6.45, 7) is 7.16. The molecule has 26 heavy (non-hydrogen) atoms. The van der Waals surface area contributed by atoms with Crippen molar-refractivity contribution in [2.45, 2.75) is 11.8 Å². The molecule has 0 aliphatic heterocycles. The Morgan fingerprint density at radius 1 is 1.04 bits per heavy atom. The number of carbonyl (C=O) groups is 1. The van der Waals surface area contributed by atoms with Gasteiger partial charge >= 0.3 is 0 Å². The summed E-state index contributed by atoms with van der Waals surface area (Å²) in [7, 11) is 2.96. The summed E-state index contributed by atoms with van der Waals surface area (Å²) >= 11 is 1.33. The van der Waals surface area contributed by atoms with Gasteiger partial charge in [0.05, 0.1) is 14.2 Å². The molecular weight excluding hydrogens is 352 g/mol. The van der Waals surface area contributed by atoms with Crippen LogP contribution in [0.1, 0.15) is 11.1 Å². The zero-order chi connectivity index (χ0) is 19.2. The maximum absolute atomic E-state index is 8.95. The molecule has 140 valence electrons. The fraction of sp³-hybridized carbons (Fsp3) is 0.250. The Hall–Kier alpha value is -2.44. The summed E-state index contributed by atoms with van der Waals surface area (Å²) in [6, 6.07) is 13.8. The van der Waals surface area contributed by atoms with Crippen LogP contribution in [0.15, 0.2) is 53.9 Å². The Labute approximate surface area is 159 Å². The van der Waals surface area contributed by atoms with E-state index in [1.807, 2.05) is 49.4 Å². The first-order valence-corrected chi connectivity index (χ1v) is 8.64. The molecule has 2 rings (SSSR count). The average Bonchev–Trinajstić information content (AvgIpc) is 2.67. The summed E-state index contributed by atoms with van der Waals surface area (Å²) in [6.07, 6.45) is 1.82. The topological polar surface area (TPSA) is 54.0 Å². The van der Waals surface area contributed by atoms with Gasteiger partial charge in [0.1, 0.15) is 24.7 Å². The number of hydrogen-bond acceptors (Lipinski definition) is 6. The fourth-order valence-electron chi connectivity index (χ4n) is 1.96. The van der Waals surface area contributed by atoms with Crippen molar-refractivity contribution >= 4 is 24.6 Å². The second-order valence-corrected chi connectivity index (χ2v) is 5.95. The second kappa shape index (κ2) is 12.9. The molecule has 0 radical (unpaired) electrons. The van der Waals surface area contributed by atoms with Gasteiger partial charge in [-0.15, -0.1) is 0 Å². The summed E-state index contributed by atoms with van der Waals surface area (Å²) in [5.74, 6) is 1.70. The number of hydrogen-bond donors (Lipinski definition) is 0. The predicted molar refractivity (Wildman–Crippen MR) is 105 cm³/mol. The SMILES string of the molecule is C=Cc1ccc(OCCOc2ccc(SOC)cc2)c(C)c1.COC=O. The minimum absolute atomic E-state index is 0.375. The Balaban J connectivity index is 0.000000765. The third-order valence-corrected chi connectivity index (χ3v) is 3.78. The van der Waals surface area contributed by atoms with Gasteiger partial charge in [0.25, 0.3) is 6.47 Å². The van der Waals surface area contributed by atoms with Crippen molar-refractivity contribution in [3.05, 3.63) is 60.2 Å². The lowest BCUT2D eigenvalue weighted by molar-refractivity contribution is -0.126. The molecule has 0 fully saturated rings. The number of benzene rings is 2. The molecule has 0 aliphatic carbocycles. The summed E-state index contributed by atoms with van der Waals surface area (Å²) in [5.41, 5.74) is 2.19. The minimum Gasteiger partial charge on any atom is -0.490 e. The highest BCUT2D eigenvalue weighted by Gasteiger charge is 2.01. The normalized spacial score (nSPS) is 9.50. The molecule has 6 heteroatoms. The fourth-order valence-corrected chi connectivity index (χ4v) is 2.40. The number of carbonyl (C=O) groups excluding carboxylic acids is 1. The quantitative estimate of drug-likeness (QED) is 0.364. The number of ether oxygens (including phenoxy) is 3. The van der Waals surface area contributed by atoms with Crippen LogP contribution in [-0.4, -0.2) is 33.9 Å². The van der Waals surface area contributed by atoms with Crippen molar-refractivity contribution in [1.29, 1.82) is 0 Å². The molecule has 0 heterocycles. The zero-order valence-corrected chi connectivity index (χ0v) is 16.1. The first kappa shape index (κ1) is 21.6. The van der Waals surface area contributed by atoms with Gasteiger partial charge in [-0.3, -0.25) is 4.79 Å². The van der Waals surface area contributed by atoms with Crippen LogP contribution < -0.4 is 9.47 Å². The average molecular weight is 376 g/mol. The molecule has 0 N–H and O–H groups in total. The highest BCUT2D eigenvalue weighted by atomic mass is 32.2. The van der Waals surface area contributed by atoms with Crippen LogP contribution in [0.2, 0.25) is 0 Å². The van der Waals surface area contributed by atoms with E-state index in [1.54, 1.807) is 7.11 Å². The minimum atomic E-state index is 0.375. The molecule has 0 aliphatic rings. The van der Waals surface area contributed by atoms with Gasteiger partial charge in [0, 0.05) is 16.9 Å². The third-order valence-electron chi connectivity index (χ3n) is 3.14. The first-order chi connectivity index (χ1) is 12.6. The summed E-state index contributed by atoms with van der Waals surface area (Å²) in [5, 5.41) is 0. The number of aryl methyl sites for hydroxylation is 1. The largest absolute Gasteiger partial charge is 0.490 e.